The normalized spacial score (nSPS) is 13.2. The predicted molar refractivity (Wildman–Crippen MR) is 112 cm³/mol. The minimum Gasteiger partial charge on any atom is -0.508 e. The molecule has 5 heteroatoms. The van der Waals surface area contributed by atoms with Crippen molar-refractivity contribution in [3.05, 3.63) is 58.4 Å². The maximum Gasteiger partial charge on any atom is 0.261 e. The van der Waals surface area contributed by atoms with E-state index >= 15 is 0 Å². The van der Waals surface area contributed by atoms with Crippen LogP contribution in [0.3, 0.4) is 0 Å². The number of para-hydroxylation sites is 1. The summed E-state index contributed by atoms with van der Waals surface area (Å²) in [5.74, 6) is 1.56. The zero-order valence-electron chi connectivity index (χ0n) is 16.1. The van der Waals surface area contributed by atoms with E-state index in [1.165, 1.54) is 5.56 Å². The second-order valence-electron chi connectivity index (χ2n) is 8.02. The van der Waals surface area contributed by atoms with Crippen LogP contribution in [-0.2, 0) is 19.5 Å². The van der Waals surface area contributed by atoms with Gasteiger partial charge in [0.25, 0.3) is 5.56 Å². The lowest BCUT2D eigenvalue weighted by Gasteiger charge is -2.21. The van der Waals surface area contributed by atoms with Gasteiger partial charge in [-0.2, -0.15) is 0 Å². The van der Waals surface area contributed by atoms with Crippen molar-refractivity contribution in [1.82, 2.24) is 14.1 Å². The Hall–Kier alpha value is -3.08. The molecule has 0 aliphatic carbocycles. The number of hydrogen-bond acceptors (Lipinski definition) is 3. The van der Waals surface area contributed by atoms with Crippen molar-refractivity contribution in [1.29, 1.82) is 0 Å². The fourth-order valence-electron chi connectivity index (χ4n) is 4.32. The van der Waals surface area contributed by atoms with Crippen LogP contribution in [0, 0.1) is 5.92 Å². The second kappa shape index (κ2) is 6.23. The van der Waals surface area contributed by atoms with Gasteiger partial charge in [-0.1, -0.05) is 26.0 Å². The molecule has 1 aliphatic rings. The van der Waals surface area contributed by atoms with Crippen LogP contribution >= 0.6 is 0 Å². The van der Waals surface area contributed by atoms with Gasteiger partial charge >= 0.3 is 0 Å². The first-order valence-electron chi connectivity index (χ1n) is 9.88. The Morgan fingerprint density at radius 3 is 2.79 bits per heavy atom. The van der Waals surface area contributed by atoms with Crippen molar-refractivity contribution in [3.63, 3.8) is 0 Å². The van der Waals surface area contributed by atoms with Crippen LogP contribution in [0.1, 0.15) is 25.8 Å². The van der Waals surface area contributed by atoms with Gasteiger partial charge in [0, 0.05) is 24.5 Å². The van der Waals surface area contributed by atoms with Crippen LogP contribution in [0.25, 0.3) is 33.3 Å². The molecule has 3 heterocycles. The van der Waals surface area contributed by atoms with E-state index in [0.717, 1.165) is 47.3 Å². The van der Waals surface area contributed by atoms with E-state index in [1.807, 2.05) is 41.0 Å². The van der Waals surface area contributed by atoms with Crippen molar-refractivity contribution in [2.75, 3.05) is 0 Å². The van der Waals surface area contributed by atoms with Gasteiger partial charge in [-0.25, -0.2) is 4.98 Å². The van der Waals surface area contributed by atoms with Crippen LogP contribution in [-0.4, -0.2) is 19.2 Å². The third kappa shape index (κ3) is 2.46. The summed E-state index contributed by atoms with van der Waals surface area (Å²) in [7, 11) is 0. The van der Waals surface area contributed by atoms with Crippen LogP contribution in [0.15, 0.2) is 47.3 Å². The highest BCUT2D eigenvalue weighted by atomic mass is 16.3. The molecule has 28 heavy (non-hydrogen) atoms. The summed E-state index contributed by atoms with van der Waals surface area (Å²) in [6, 6.07) is 13.1. The molecular formula is C23H23N3O2. The number of benzene rings is 2. The maximum absolute atomic E-state index is 13.1. The maximum atomic E-state index is 13.1. The molecule has 0 unspecified atom stereocenters. The smallest absolute Gasteiger partial charge is 0.261 e. The molecule has 0 saturated heterocycles. The third-order valence-electron chi connectivity index (χ3n) is 5.74. The summed E-state index contributed by atoms with van der Waals surface area (Å²) in [6.45, 7) is 5.87. The van der Waals surface area contributed by atoms with E-state index in [4.69, 9.17) is 4.98 Å². The molecule has 1 N–H and O–H groups in total. The molecule has 1 aliphatic heterocycles. The number of aromatic hydroxyl groups is 1. The van der Waals surface area contributed by atoms with Gasteiger partial charge in [-0.15, -0.1) is 0 Å². The van der Waals surface area contributed by atoms with Crippen molar-refractivity contribution in [2.24, 2.45) is 5.92 Å². The summed E-state index contributed by atoms with van der Waals surface area (Å²) in [6.07, 6.45) is 1.81. The average molecular weight is 373 g/mol. The fourth-order valence-corrected chi connectivity index (χ4v) is 4.32. The Bertz CT molecular complexity index is 1280. The van der Waals surface area contributed by atoms with Gasteiger partial charge in [-0.3, -0.25) is 9.36 Å². The van der Waals surface area contributed by atoms with Gasteiger partial charge < -0.3 is 9.67 Å². The molecule has 4 aromatic rings. The zero-order chi connectivity index (χ0) is 19.4. The lowest BCUT2D eigenvalue weighted by molar-refractivity contribution is 0.475. The Labute approximate surface area is 162 Å². The van der Waals surface area contributed by atoms with Crippen molar-refractivity contribution in [2.45, 2.75) is 39.8 Å². The summed E-state index contributed by atoms with van der Waals surface area (Å²) in [4.78, 5) is 18.0. The topological polar surface area (TPSA) is 60.1 Å². The Morgan fingerprint density at radius 1 is 1.14 bits per heavy atom. The van der Waals surface area contributed by atoms with E-state index in [0.29, 0.717) is 17.8 Å². The summed E-state index contributed by atoms with van der Waals surface area (Å²) in [5.41, 5.74) is 4.02. The second-order valence-corrected chi connectivity index (χ2v) is 8.02. The van der Waals surface area contributed by atoms with Gasteiger partial charge in [0.2, 0.25) is 0 Å². The van der Waals surface area contributed by atoms with Gasteiger partial charge in [0.05, 0.1) is 22.1 Å². The molecule has 0 amide bonds. The summed E-state index contributed by atoms with van der Waals surface area (Å²) >= 11 is 0. The minimum atomic E-state index is 0.0229. The zero-order valence-corrected chi connectivity index (χ0v) is 16.1. The SMILES string of the molecule is CC(C)CCn1c2c(c3ccc(O)cc31)CCn1c-2nc2ccccc2c1=O. The van der Waals surface area contributed by atoms with Crippen LogP contribution in [0.4, 0.5) is 0 Å². The van der Waals surface area contributed by atoms with Crippen LogP contribution in [0.2, 0.25) is 0 Å². The molecule has 0 atom stereocenters. The fraction of sp³-hybridized carbons (Fsp3) is 0.304. The van der Waals surface area contributed by atoms with Gasteiger partial charge in [-0.05, 0) is 48.6 Å². The minimum absolute atomic E-state index is 0.0229. The number of rotatable bonds is 3. The molecule has 2 aromatic carbocycles. The molecule has 0 fully saturated rings. The Morgan fingerprint density at radius 2 is 1.96 bits per heavy atom. The quantitative estimate of drug-likeness (QED) is 0.582. The number of phenols is 1. The molecule has 0 saturated carbocycles. The molecule has 142 valence electrons. The summed E-state index contributed by atoms with van der Waals surface area (Å²) < 4.78 is 4.06. The van der Waals surface area contributed by atoms with E-state index in [1.54, 1.807) is 6.07 Å². The van der Waals surface area contributed by atoms with Crippen LogP contribution in [0.5, 0.6) is 5.75 Å². The monoisotopic (exact) mass is 373 g/mol. The highest BCUT2D eigenvalue weighted by Crippen LogP contribution is 2.38. The van der Waals surface area contributed by atoms with E-state index in [9.17, 15) is 9.90 Å². The Kier molecular flexibility index (Phi) is 3.79. The predicted octanol–water partition coefficient (Wildman–Crippen LogP) is 4.33. The molecule has 0 spiro atoms. The molecule has 5 rings (SSSR count). The largest absolute Gasteiger partial charge is 0.508 e. The number of hydrogen-bond donors (Lipinski definition) is 1. The van der Waals surface area contributed by atoms with Crippen molar-refractivity contribution in [3.8, 4) is 17.3 Å². The molecule has 2 aromatic heterocycles. The van der Waals surface area contributed by atoms with E-state index in [-0.39, 0.29) is 11.3 Å². The van der Waals surface area contributed by atoms with Crippen molar-refractivity contribution < 1.29 is 5.11 Å². The first-order valence-corrected chi connectivity index (χ1v) is 9.88. The highest BCUT2D eigenvalue weighted by Gasteiger charge is 2.27. The number of nitrogens with zero attached hydrogens (tertiary/aromatic N) is 3. The lowest BCUT2D eigenvalue weighted by atomic mass is 10.0. The van der Waals surface area contributed by atoms with Gasteiger partial charge in [0.1, 0.15) is 5.75 Å². The molecule has 0 bridgehead atoms. The molecule has 5 nitrogen and oxygen atoms in total. The highest BCUT2D eigenvalue weighted by molar-refractivity contribution is 5.93. The average Bonchev–Trinajstić information content (AvgIpc) is 2.99. The standard InChI is InChI=1S/C23H23N3O2/c1-14(2)9-11-25-20-13-15(27)7-8-16(20)17-10-12-26-22(21(17)25)24-19-6-4-3-5-18(19)23(26)28/h3-8,13-14,27H,9-12H2,1-2H3. The van der Waals surface area contributed by atoms with Crippen LogP contribution < -0.4 is 5.56 Å². The number of aryl methyl sites for hydroxylation is 2. The number of aromatic nitrogens is 3. The number of phenolic OH excluding ortho intramolecular Hbond substituents is 1. The first-order chi connectivity index (χ1) is 13.5. The third-order valence-corrected chi connectivity index (χ3v) is 5.74. The van der Waals surface area contributed by atoms with E-state index in [2.05, 4.69) is 18.4 Å². The first kappa shape index (κ1) is 17.0. The van der Waals surface area contributed by atoms with Crippen molar-refractivity contribution >= 4 is 21.8 Å². The number of fused-ring (bicyclic) bond motifs is 6. The molecular weight excluding hydrogens is 350 g/mol. The molecule has 0 radical (unpaired) electrons. The Balaban J connectivity index is 1.86. The van der Waals surface area contributed by atoms with Gasteiger partial charge in [0.15, 0.2) is 5.82 Å². The lowest BCUT2D eigenvalue weighted by Crippen LogP contribution is -2.28. The van der Waals surface area contributed by atoms with E-state index < -0.39 is 0 Å². The summed E-state index contributed by atoms with van der Waals surface area (Å²) in [5, 5.41) is 11.9.